The number of aliphatic hydroxyl groups excluding tert-OH is 4. The number of esters is 4. The van der Waals surface area contributed by atoms with Crippen LogP contribution >= 0.6 is 0 Å². The molecular weight excluding hydrogens is 913 g/mol. The molecule has 12 heteroatoms. The fourth-order valence-corrected chi connectivity index (χ4v) is 11.8. The SMILES string of the molecule is CC(C)C1CCC(COC(=O)C2CCC(O)CC2)CC1.CC(C)c1ccc(COC(=O)C2CCC(O)CC2)cc1.CC1CC(OC(=O)C2CCC(O)CC2)CC(C)(C)C1.CCCOC(=O)C1CCC(O)CC1. The maximum atomic E-state index is 12.2. The summed E-state index contributed by atoms with van der Waals surface area (Å²) < 4.78 is 21.7. The maximum Gasteiger partial charge on any atom is 0.309 e. The van der Waals surface area contributed by atoms with Crippen LogP contribution in [0.15, 0.2) is 24.3 Å². The van der Waals surface area contributed by atoms with Crippen LogP contribution in [-0.2, 0) is 44.7 Å². The molecule has 0 spiro atoms. The van der Waals surface area contributed by atoms with E-state index >= 15 is 0 Å². The zero-order chi connectivity index (χ0) is 52.8. The van der Waals surface area contributed by atoms with E-state index in [2.05, 4.69) is 60.6 Å². The third-order valence-corrected chi connectivity index (χ3v) is 16.5. The normalized spacial score (nSPS) is 31.4. The Morgan fingerprint density at radius 2 is 0.972 bits per heavy atom. The summed E-state index contributed by atoms with van der Waals surface area (Å²) >= 11 is 0. The number of ether oxygens (including phenoxy) is 4. The van der Waals surface area contributed by atoms with Gasteiger partial charge in [0, 0.05) is 0 Å². The summed E-state index contributed by atoms with van der Waals surface area (Å²) in [5.41, 5.74) is 2.60. The van der Waals surface area contributed by atoms with E-state index in [-0.39, 0.29) is 83.5 Å². The molecule has 0 bridgehead atoms. The van der Waals surface area contributed by atoms with Crippen LogP contribution in [-0.4, -0.2) is 88.0 Å². The average molecular weight is 1010 g/mol. The van der Waals surface area contributed by atoms with E-state index in [1.54, 1.807) is 0 Å². The first kappa shape index (κ1) is 61.5. The number of carbonyl (C=O) groups is 4. The molecule has 6 aliphatic carbocycles. The highest BCUT2D eigenvalue weighted by Crippen LogP contribution is 2.41. The van der Waals surface area contributed by atoms with Crippen molar-refractivity contribution < 1.29 is 58.6 Å². The maximum absolute atomic E-state index is 12.2. The van der Waals surface area contributed by atoms with Crippen LogP contribution in [0.1, 0.15) is 227 Å². The van der Waals surface area contributed by atoms with Gasteiger partial charge in [-0.3, -0.25) is 19.2 Å². The molecule has 412 valence electrons. The quantitative estimate of drug-likeness (QED) is 0.108. The minimum Gasteiger partial charge on any atom is -0.465 e. The highest BCUT2D eigenvalue weighted by atomic mass is 16.5. The Morgan fingerprint density at radius 3 is 1.38 bits per heavy atom. The minimum atomic E-state index is -0.234. The standard InChI is InChI=1S/C17H30O3.C17H24O3.C16H28O3.C10H18O3/c2*1-12(2)14-5-3-13(4-6-14)11-20-17(19)15-7-9-16(18)10-8-15;1-11-8-14(10-16(2,3)9-11)19-15(18)12-4-6-13(17)7-5-12;1-2-7-13-10(12)8-3-5-9(11)6-4-8/h12-16,18H,3-11H2,1-2H3;3-6,12,15-16,18H,7-11H2,1-2H3;11-14,17H,4-10H2,1-3H3;8-9,11H,2-7H2,1H3. The Balaban J connectivity index is 0.000000211. The van der Waals surface area contributed by atoms with Gasteiger partial charge in [-0.15, -0.1) is 0 Å². The van der Waals surface area contributed by atoms with Gasteiger partial charge in [0.25, 0.3) is 0 Å². The molecule has 1 aromatic carbocycles. The predicted octanol–water partition coefficient (Wildman–Crippen LogP) is 11.7. The topological polar surface area (TPSA) is 186 Å². The Labute approximate surface area is 434 Å². The van der Waals surface area contributed by atoms with Crippen molar-refractivity contribution in [3.8, 4) is 0 Å². The second kappa shape index (κ2) is 31.7. The predicted molar refractivity (Wildman–Crippen MR) is 281 cm³/mol. The molecule has 6 saturated carbocycles. The van der Waals surface area contributed by atoms with E-state index in [1.165, 1.54) is 37.7 Å². The molecule has 0 aliphatic heterocycles. The molecule has 2 atom stereocenters. The Bertz CT molecular complexity index is 1690. The van der Waals surface area contributed by atoms with Gasteiger partial charge in [-0.2, -0.15) is 0 Å². The number of hydrogen-bond donors (Lipinski definition) is 4. The number of carbonyl (C=O) groups excluding carboxylic acids is 4. The van der Waals surface area contributed by atoms with Crippen LogP contribution in [0.5, 0.6) is 0 Å². The summed E-state index contributed by atoms with van der Waals surface area (Å²) in [4.78, 5) is 47.5. The van der Waals surface area contributed by atoms with Crippen molar-refractivity contribution in [2.75, 3.05) is 13.2 Å². The van der Waals surface area contributed by atoms with Crippen LogP contribution < -0.4 is 0 Å². The lowest BCUT2D eigenvalue weighted by Gasteiger charge is -2.39. The zero-order valence-corrected chi connectivity index (χ0v) is 46.0. The smallest absolute Gasteiger partial charge is 0.309 e. The van der Waals surface area contributed by atoms with Crippen molar-refractivity contribution in [2.24, 2.45) is 52.8 Å². The molecule has 72 heavy (non-hydrogen) atoms. The number of rotatable bonds is 13. The van der Waals surface area contributed by atoms with Gasteiger partial charge in [0.1, 0.15) is 12.7 Å². The monoisotopic (exact) mass is 1010 g/mol. The molecule has 0 radical (unpaired) electrons. The van der Waals surface area contributed by atoms with Crippen LogP contribution in [0.3, 0.4) is 0 Å². The summed E-state index contributed by atoms with van der Waals surface area (Å²) in [7, 11) is 0. The average Bonchev–Trinajstić information content (AvgIpc) is 3.35. The number of hydrogen-bond acceptors (Lipinski definition) is 12. The molecule has 6 aliphatic rings. The van der Waals surface area contributed by atoms with Gasteiger partial charge in [-0.25, -0.2) is 0 Å². The summed E-state index contributed by atoms with van der Waals surface area (Å²) in [6.45, 7) is 19.2. The lowest BCUT2D eigenvalue weighted by molar-refractivity contribution is -0.160. The highest BCUT2D eigenvalue weighted by molar-refractivity contribution is 5.74. The third-order valence-electron chi connectivity index (χ3n) is 16.5. The highest BCUT2D eigenvalue weighted by Gasteiger charge is 2.36. The lowest BCUT2D eigenvalue weighted by atomic mass is 9.71. The van der Waals surface area contributed by atoms with Gasteiger partial charge in [0.15, 0.2) is 0 Å². The van der Waals surface area contributed by atoms with Crippen LogP contribution in [0, 0.1) is 52.8 Å². The van der Waals surface area contributed by atoms with Crippen LogP contribution in [0.2, 0.25) is 0 Å². The van der Waals surface area contributed by atoms with E-state index in [9.17, 15) is 39.6 Å². The number of aliphatic hydroxyl groups is 4. The van der Waals surface area contributed by atoms with E-state index in [0.29, 0.717) is 50.4 Å². The number of benzene rings is 1. The molecule has 1 aromatic rings. The van der Waals surface area contributed by atoms with Gasteiger partial charge in [0.05, 0.1) is 61.3 Å². The Morgan fingerprint density at radius 1 is 0.556 bits per heavy atom. The zero-order valence-electron chi connectivity index (χ0n) is 46.0. The fraction of sp³-hybridized carbons (Fsp3) is 0.833. The fourth-order valence-electron chi connectivity index (χ4n) is 11.8. The molecule has 12 nitrogen and oxygen atoms in total. The summed E-state index contributed by atoms with van der Waals surface area (Å²) in [5.74, 6) is 3.17. The van der Waals surface area contributed by atoms with Crippen molar-refractivity contribution in [1.82, 2.24) is 0 Å². The van der Waals surface area contributed by atoms with Crippen molar-refractivity contribution in [3.05, 3.63) is 35.4 Å². The molecule has 0 saturated heterocycles. The van der Waals surface area contributed by atoms with Crippen LogP contribution in [0.25, 0.3) is 0 Å². The molecule has 0 aromatic heterocycles. The van der Waals surface area contributed by atoms with Gasteiger partial charge >= 0.3 is 23.9 Å². The molecule has 2 unspecified atom stereocenters. The van der Waals surface area contributed by atoms with E-state index in [4.69, 9.17) is 18.9 Å². The van der Waals surface area contributed by atoms with Crippen molar-refractivity contribution in [3.63, 3.8) is 0 Å². The molecule has 4 N–H and O–H groups in total. The molecule has 0 amide bonds. The Hall–Kier alpha value is -3.06. The first-order valence-corrected chi connectivity index (χ1v) is 28.7. The molecular formula is C60H100O12. The van der Waals surface area contributed by atoms with Crippen molar-refractivity contribution in [1.29, 1.82) is 0 Å². The Kier molecular flexibility index (Phi) is 27.1. The van der Waals surface area contributed by atoms with Crippen molar-refractivity contribution >= 4 is 23.9 Å². The van der Waals surface area contributed by atoms with Crippen LogP contribution in [0.4, 0.5) is 0 Å². The second-order valence-electron chi connectivity index (χ2n) is 24.3. The molecule has 0 heterocycles. The van der Waals surface area contributed by atoms with E-state index in [0.717, 1.165) is 127 Å². The van der Waals surface area contributed by atoms with Gasteiger partial charge in [-0.1, -0.05) is 79.7 Å². The van der Waals surface area contributed by atoms with E-state index in [1.807, 2.05) is 19.1 Å². The molecule has 6 fully saturated rings. The largest absolute Gasteiger partial charge is 0.465 e. The van der Waals surface area contributed by atoms with Gasteiger partial charge in [-0.05, 0) is 200 Å². The molecule has 7 rings (SSSR count). The van der Waals surface area contributed by atoms with Gasteiger partial charge in [0.2, 0.25) is 0 Å². The lowest BCUT2D eigenvalue weighted by Crippen LogP contribution is -2.36. The summed E-state index contributed by atoms with van der Waals surface area (Å²) in [6.07, 6.45) is 20.4. The first-order valence-electron chi connectivity index (χ1n) is 28.7. The summed E-state index contributed by atoms with van der Waals surface area (Å²) in [6, 6.07) is 8.22. The van der Waals surface area contributed by atoms with Crippen molar-refractivity contribution in [2.45, 2.75) is 253 Å². The summed E-state index contributed by atoms with van der Waals surface area (Å²) in [5, 5.41) is 37.6. The third kappa shape index (κ3) is 22.8. The minimum absolute atomic E-state index is 0.0174. The second-order valence-corrected chi connectivity index (χ2v) is 24.3. The van der Waals surface area contributed by atoms with E-state index < -0.39 is 0 Å². The first-order chi connectivity index (χ1) is 34.2. The van der Waals surface area contributed by atoms with Gasteiger partial charge < -0.3 is 39.4 Å².